The zero-order chi connectivity index (χ0) is 17.2. The van der Waals surface area contributed by atoms with Gasteiger partial charge in [0.05, 0.1) is 22.8 Å². The number of fused-ring (bicyclic) bond motifs is 1. The molecule has 0 unspecified atom stereocenters. The van der Waals surface area contributed by atoms with Crippen LogP contribution in [-0.4, -0.2) is 30.7 Å². The van der Waals surface area contributed by atoms with E-state index in [1.54, 1.807) is 0 Å². The number of nitrogens with zero attached hydrogens (tertiary/aromatic N) is 2. The van der Waals surface area contributed by atoms with Crippen LogP contribution < -0.4 is 15.8 Å². The van der Waals surface area contributed by atoms with E-state index in [1.807, 2.05) is 10.7 Å². The Morgan fingerprint density at radius 2 is 2.04 bits per heavy atom. The van der Waals surface area contributed by atoms with Crippen LogP contribution in [0.2, 0.25) is 0 Å². The fraction of sp³-hybridized carbons (Fsp3) is 0.333. The van der Waals surface area contributed by atoms with Crippen molar-refractivity contribution < 1.29 is 13.2 Å². The standard InChI is InChI=1S/C15H19N5O3S.ClH/c16-24(22,23)14-4-2-11(3-5-14)15(21)18-9-12-8-13-10-17-6-1-7-20(13)19-12;/h2-5,8,17H,1,6-7,9-10H2,(H,18,21)(H2,16,22,23);1H. The van der Waals surface area contributed by atoms with Crippen LogP contribution >= 0.6 is 12.4 Å². The molecule has 136 valence electrons. The van der Waals surface area contributed by atoms with Gasteiger partial charge in [0, 0.05) is 18.7 Å². The molecule has 0 spiro atoms. The largest absolute Gasteiger partial charge is 0.346 e. The number of primary sulfonamides is 1. The van der Waals surface area contributed by atoms with Gasteiger partial charge in [-0.15, -0.1) is 12.4 Å². The molecule has 1 aromatic heterocycles. The maximum atomic E-state index is 12.1. The fourth-order valence-electron chi connectivity index (χ4n) is 2.58. The van der Waals surface area contributed by atoms with E-state index in [1.165, 1.54) is 24.3 Å². The summed E-state index contributed by atoms with van der Waals surface area (Å²) in [6.07, 6.45) is 1.02. The van der Waals surface area contributed by atoms with Crippen molar-refractivity contribution in [2.45, 2.75) is 31.0 Å². The molecule has 0 aliphatic carbocycles. The van der Waals surface area contributed by atoms with Gasteiger partial charge in [-0.1, -0.05) is 0 Å². The third-order valence-corrected chi connectivity index (χ3v) is 4.75. The summed E-state index contributed by atoms with van der Waals surface area (Å²) in [6, 6.07) is 7.47. The first-order valence-corrected chi connectivity index (χ1v) is 9.15. The lowest BCUT2D eigenvalue weighted by atomic mass is 10.2. The molecule has 0 saturated heterocycles. The molecule has 2 heterocycles. The molecule has 1 amide bonds. The average Bonchev–Trinajstić information content (AvgIpc) is 2.81. The van der Waals surface area contributed by atoms with Crippen molar-refractivity contribution in [3.05, 3.63) is 47.3 Å². The summed E-state index contributed by atoms with van der Waals surface area (Å²) >= 11 is 0. The fourth-order valence-corrected chi connectivity index (χ4v) is 3.09. The van der Waals surface area contributed by atoms with Crippen molar-refractivity contribution in [1.82, 2.24) is 20.4 Å². The maximum absolute atomic E-state index is 12.1. The summed E-state index contributed by atoms with van der Waals surface area (Å²) in [4.78, 5) is 12.1. The Balaban J connectivity index is 0.00000225. The molecule has 8 nitrogen and oxygen atoms in total. The Hall–Kier alpha value is -1.94. The Morgan fingerprint density at radius 3 is 2.72 bits per heavy atom. The Kier molecular flexibility index (Phi) is 6.17. The monoisotopic (exact) mass is 385 g/mol. The van der Waals surface area contributed by atoms with Gasteiger partial charge in [0.15, 0.2) is 0 Å². The summed E-state index contributed by atoms with van der Waals surface area (Å²) < 4.78 is 24.4. The number of nitrogens with one attached hydrogen (secondary N) is 2. The molecule has 10 heteroatoms. The summed E-state index contributed by atoms with van der Waals surface area (Å²) in [5.74, 6) is -0.294. The number of nitrogens with two attached hydrogens (primary N) is 1. The van der Waals surface area contributed by atoms with E-state index in [0.717, 1.165) is 37.4 Å². The third kappa shape index (κ3) is 4.79. The van der Waals surface area contributed by atoms with Crippen LogP contribution in [0.3, 0.4) is 0 Å². The van der Waals surface area contributed by atoms with Crippen LogP contribution in [0.4, 0.5) is 0 Å². The Bertz CT molecular complexity index is 825. The van der Waals surface area contributed by atoms with Crippen molar-refractivity contribution in [2.75, 3.05) is 6.54 Å². The van der Waals surface area contributed by atoms with Gasteiger partial charge in [-0.2, -0.15) is 5.10 Å². The summed E-state index contributed by atoms with van der Waals surface area (Å²) in [5.41, 5.74) is 2.27. The van der Waals surface area contributed by atoms with Crippen LogP contribution in [0.5, 0.6) is 0 Å². The van der Waals surface area contributed by atoms with Gasteiger partial charge >= 0.3 is 0 Å². The van der Waals surface area contributed by atoms with Crippen molar-refractivity contribution in [3.8, 4) is 0 Å². The quantitative estimate of drug-likeness (QED) is 0.702. The Labute approximate surface area is 152 Å². The highest BCUT2D eigenvalue weighted by molar-refractivity contribution is 7.89. The number of rotatable bonds is 4. The van der Waals surface area contributed by atoms with E-state index >= 15 is 0 Å². The third-order valence-electron chi connectivity index (χ3n) is 3.82. The van der Waals surface area contributed by atoms with Gasteiger partial charge in [-0.3, -0.25) is 9.48 Å². The number of carbonyl (C=O) groups is 1. The lowest BCUT2D eigenvalue weighted by Crippen LogP contribution is -2.23. The molecule has 1 aromatic carbocycles. The smallest absolute Gasteiger partial charge is 0.251 e. The molecular weight excluding hydrogens is 366 g/mol. The number of hydrogen-bond acceptors (Lipinski definition) is 5. The van der Waals surface area contributed by atoms with Crippen LogP contribution in [-0.2, 0) is 29.7 Å². The zero-order valence-electron chi connectivity index (χ0n) is 13.4. The van der Waals surface area contributed by atoms with Crippen LogP contribution in [0.15, 0.2) is 35.2 Å². The minimum absolute atomic E-state index is 0. The SMILES string of the molecule is Cl.NS(=O)(=O)c1ccc(C(=O)NCc2cc3n(n2)CCCNC3)cc1. The zero-order valence-corrected chi connectivity index (χ0v) is 15.1. The predicted molar refractivity (Wildman–Crippen MR) is 94.8 cm³/mol. The number of aryl methyl sites for hydroxylation is 1. The second-order valence-electron chi connectivity index (χ2n) is 5.63. The van der Waals surface area contributed by atoms with E-state index in [4.69, 9.17) is 5.14 Å². The molecule has 0 saturated carbocycles. The number of benzene rings is 1. The first-order valence-electron chi connectivity index (χ1n) is 7.61. The van der Waals surface area contributed by atoms with Crippen molar-refractivity contribution in [1.29, 1.82) is 0 Å². The molecule has 4 N–H and O–H groups in total. The van der Waals surface area contributed by atoms with E-state index in [-0.39, 0.29) is 23.2 Å². The molecule has 25 heavy (non-hydrogen) atoms. The van der Waals surface area contributed by atoms with Gasteiger partial charge in [-0.05, 0) is 43.3 Å². The highest BCUT2D eigenvalue weighted by Crippen LogP contribution is 2.10. The molecule has 0 radical (unpaired) electrons. The minimum Gasteiger partial charge on any atom is -0.346 e. The number of halogens is 1. The average molecular weight is 386 g/mol. The summed E-state index contributed by atoms with van der Waals surface area (Å²) in [5, 5.41) is 15.6. The van der Waals surface area contributed by atoms with E-state index in [2.05, 4.69) is 15.7 Å². The van der Waals surface area contributed by atoms with E-state index in [9.17, 15) is 13.2 Å². The minimum atomic E-state index is -3.76. The maximum Gasteiger partial charge on any atom is 0.251 e. The molecule has 0 fully saturated rings. The van der Waals surface area contributed by atoms with Gasteiger partial charge in [-0.25, -0.2) is 13.6 Å². The lowest BCUT2D eigenvalue weighted by molar-refractivity contribution is 0.0950. The van der Waals surface area contributed by atoms with Crippen LogP contribution in [0.25, 0.3) is 0 Å². The highest BCUT2D eigenvalue weighted by Gasteiger charge is 2.13. The lowest BCUT2D eigenvalue weighted by Gasteiger charge is -2.04. The van der Waals surface area contributed by atoms with Gasteiger partial charge in [0.1, 0.15) is 0 Å². The molecule has 1 aliphatic heterocycles. The van der Waals surface area contributed by atoms with E-state index in [0.29, 0.717) is 12.1 Å². The normalized spacial score (nSPS) is 14.1. The molecule has 1 aliphatic rings. The molecule has 0 bridgehead atoms. The number of aromatic nitrogens is 2. The van der Waals surface area contributed by atoms with Crippen molar-refractivity contribution in [3.63, 3.8) is 0 Å². The first kappa shape index (κ1) is 19.4. The second-order valence-corrected chi connectivity index (χ2v) is 7.19. The van der Waals surface area contributed by atoms with Gasteiger partial charge < -0.3 is 10.6 Å². The van der Waals surface area contributed by atoms with Gasteiger partial charge in [0.25, 0.3) is 5.91 Å². The Morgan fingerprint density at radius 1 is 1.32 bits per heavy atom. The molecular formula is C15H20ClN5O3S. The topological polar surface area (TPSA) is 119 Å². The number of hydrogen-bond donors (Lipinski definition) is 3. The number of sulfonamides is 1. The van der Waals surface area contributed by atoms with E-state index < -0.39 is 10.0 Å². The van der Waals surface area contributed by atoms with Crippen molar-refractivity contribution >= 4 is 28.3 Å². The summed E-state index contributed by atoms with van der Waals surface area (Å²) in [7, 11) is -3.76. The van der Waals surface area contributed by atoms with Crippen LogP contribution in [0.1, 0.15) is 28.2 Å². The second kappa shape index (κ2) is 7.96. The first-order chi connectivity index (χ1) is 11.4. The van der Waals surface area contributed by atoms with Crippen LogP contribution in [0, 0.1) is 0 Å². The van der Waals surface area contributed by atoms with Crippen molar-refractivity contribution in [2.24, 2.45) is 5.14 Å². The highest BCUT2D eigenvalue weighted by atomic mass is 35.5. The molecule has 0 atom stereocenters. The predicted octanol–water partition coefficient (Wildman–Crippen LogP) is 0.376. The molecule has 3 rings (SSSR count). The number of carbonyl (C=O) groups excluding carboxylic acids is 1. The number of amides is 1. The molecule has 2 aromatic rings. The van der Waals surface area contributed by atoms with Gasteiger partial charge in [0.2, 0.25) is 10.0 Å². The summed E-state index contributed by atoms with van der Waals surface area (Å²) in [6.45, 7) is 2.93.